The summed E-state index contributed by atoms with van der Waals surface area (Å²) in [4.78, 5) is 23.2. The van der Waals surface area contributed by atoms with Crippen molar-refractivity contribution in [3.05, 3.63) is 0 Å². The van der Waals surface area contributed by atoms with Crippen LogP contribution >= 0.6 is 0 Å². The number of carbonyl (C=O) groups is 2. The van der Waals surface area contributed by atoms with E-state index < -0.39 is 11.7 Å². The molecule has 0 spiro atoms. The zero-order valence-electron chi connectivity index (χ0n) is 9.16. The van der Waals surface area contributed by atoms with E-state index in [0.717, 1.165) is 0 Å². The molecule has 0 aliphatic rings. The van der Waals surface area contributed by atoms with Crippen molar-refractivity contribution >= 4 is 12.0 Å². The molecule has 5 heteroatoms. The monoisotopic (exact) mass is 202 g/mol. The van der Waals surface area contributed by atoms with Gasteiger partial charge in [0.05, 0.1) is 0 Å². The molecule has 0 aliphatic carbocycles. The van der Waals surface area contributed by atoms with Crippen molar-refractivity contribution in [3.63, 3.8) is 0 Å². The summed E-state index contributed by atoms with van der Waals surface area (Å²) < 4.78 is 4.84. The standard InChI is InChI=1S/C9H18N2O3/c1-9(2,14-8(10)13)6-5-7(12)11(3)4/h5-6H2,1-4H3,(H2,10,13). The lowest BCUT2D eigenvalue weighted by atomic mass is 10.0. The molecule has 0 fully saturated rings. The highest BCUT2D eigenvalue weighted by Gasteiger charge is 2.23. The van der Waals surface area contributed by atoms with Crippen molar-refractivity contribution in [2.45, 2.75) is 32.3 Å². The second-order valence-electron chi connectivity index (χ2n) is 3.97. The first kappa shape index (κ1) is 12.7. The Hall–Kier alpha value is -1.26. The summed E-state index contributed by atoms with van der Waals surface area (Å²) in [6.45, 7) is 3.45. The molecule has 0 radical (unpaired) electrons. The number of ether oxygens (including phenoxy) is 1. The van der Waals surface area contributed by atoms with Crippen molar-refractivity contribution in [1.82, 2.24) is 4.90 Å². The number of nitrogens with zero attached hydrogens (tertiary/aromatic N) is 1. The Morgan fingerprint density at radius 1 is 1.36 bits per heavy atom. The van der Waals surface area contributed by atoms with E-state index in [1.807, 2.05) is 0 Å². The van der Waals surface area contributed by atoms with Crippen LogP contribution in [0.3, 0.4) is 0 Å². The first-order chi connectivity index (χ1) is 6.24. The van der Waals surface area contributed by atoms with Crippen LogP contribution in [0.25, 0.3) is 0 Å². The molecular formula is C9H18N2O3. The largest absolute Gasteiger partial charge is 0.444 e. The molecule has 0 saturated carbocycles. The topological polar surface area (TPSA) is 72.6 Å². The molecule has 0 bridgehead atoms. The highest BCUT2D eigenvalue weighted by molar-refractivity contribution is 5.75. The van der Waals surface area contributed by atoms with Gasteiger partial charge in [-0.2, -0.15) is 0 Å². The smallest absolute Gasteiger partial charge is 0.405 e. The molecule has 0 aromatic carbocycles. The number of amides is 2. The Kier molecular flexibility index (Phi) is 4.40. The molecule has 2 N–H and O–H groups in total. The quantitative estimate of drug-likeness (QED) is 0.730. The highest BCUT2D eigenvalue weighted by Crippen LogP contribution is 2.16. The van der Waals surface area contributed by atoms with Crippen LogP contribution in [0.5, 0.6) is 0 Å². The molecule has 0 unspecified atom stereocenters. The fraction of sp³-hybridized carbons (Fsp3) is 0.778. The molecule has 0 aromatic rings. The third-order valence-electron chi connectivity index (χ3n) is 1.82. The summed E-state index contributed by atoms with van der Waals surface area (Å²) in [7, 11) is 3.37. The van der Waals surface area contributed by atoms with Crippen molar-refractivity contribution < 1.29 is 14.3 Å². The van der Waals surface area contributed by atoms with E-state index in [-0.39, 0.29) is 5.91 Å². The maximum Gasteiger partial charge on any atom is 0.405 e. The van der Waals surface area contributed by atoms with Crippen LogP contribution in [0, 0.1) is 0 Å². The molecule has 0 aliphatic heterocycles. The predicted octanol–water partition coefficient (Wildman–Crippen LogP) is 0.729. The zero-order chi connectivity index (χ0) is 11.4. The Labute approximate surface area is 84.2 Å². The van der Waals surface area contributed by atoms with Crippen LogP contribution in [0.2, 0.25) is 0 Å². The molecular weight excluding hydrogens is 184 g/mol. The molecule has 2 amide bonds. The van der Waals surface area contributed by atoms with Gasteiger partial charge in [-0.05, 0) is 20.3 Å². The number of primary amides is 1. The summed E-state index contributed by atoms with van der Waals surface area (Å²) in [6, 6.07) is 0. The SMILES string of the molecule is CN(C)C(=O)CCC(C)(C)OC(N)=O. The van der Waals surface area contributed by atoms with Crippen LogP contribution in [-0.2, 0) is 9.53 Å². The molecule has 5 nitrogen and oxygen atoms in total. The van der Waals surface area contributed by atoms with Gasteiger partial charge in [-0.3, -0.25) is 4.79 Å². The van der Waals surface area contributed by atoms with Gasteiger partial charge in [0.25, 0.3) is 0 Å². The van der Waals surface area contributed by atoms with Crippen LogP contribution in [0.15, 0.2) is 0 Å². The molecule has 14 heavy (non-hydrogen) atoms. The van der Waals surface area contributed by atoms with Gasteiger partial charge in [0, 0.05) is 20.5 Å². The van der Waals surface area contributed by atoms with Crippen molar-refractivity contribution in [2.24, 2.45) is 5.73 Å². The Morgan fingerprint density at radius 3 is 2.21 bits per heavy atom. The van der Waals surface area contributed by atoms with Gasteiger partial charge in [0.2, 0.25) is 5.91 Å². The van der Waals surface area contributed by atoms with E-state index >= 15 is 0 Å². The van der Waals surface area contributed by atoms with Crippen LogP contribution < -0.4 is 5.73 Å². The van der Waals surface area contributed by atoms with Gasteiger partial charge < -0.3 is 15.4 Å². The average molecular weight is 202 g/mol. The van der Waals surface area contributed by atoms with Crippen LogP contribution in [0.4, 0.5) is 4.79 Å². The zero-order valence-corrected chi connectivity index (χ0v) is 9.16. The number of carbonyl (C=O) groups excluding carboxylic acids is 2. The Morgan fingerprint density at radius 2 is 1.86 bits per heavy atom. The molecule has 82 valence electrons. The van der Waals surface area contributed by atoms with Gasteiger partial charge in [-0.1, -0.05) is 0 Å². The van der Waals surface area contributed by atoms with E-state index in [1.54, 1.807) is 27.9 Å². The summed E-state index contributed by atoms with van der Waals surface area (Å²) >= 11 is 0. The molecule has 0 heterocycles. The minimum Gasteiger partial charge on any atom is -0.444 e. The Bertz CT molecular complexity index is 224. The van der Waals surface area contributed by atoms with Crippen molar-refractivity contribution in [2.75, 3.05) is 14.1 Å². The molecule has 0 aromatic heterocycles. The molecule has 0 atom stereocenters. The minimum atomic E-state index is -0.813. The third-order valence-corrected chi connectivity index (χ3v) is 1.82. The van der Waals surface area contributed by atoms with Crippen molar-refractivity contribution in [3.8, 4) is 0 Å². The predicted molar refractivity (Wildman–Crippen MR) is 52.7 cm³/mol. The van der Waals surface area contributed by atoms with E-state index in [4.69, 9.17) is 10.5 Å². The Balaban J connectivity index is 3.98. The molecule has 0 saturated heterocycles. The fourth-order valence-electron chi connectivity index (χ4n) is 0.955. The number of hydrogen-bond donors (Lipinski definition) is 1. The van der Waals surface area contributed by atoms with Crippen LogP contribution in [-0.4, -0.2) is 36.6 Å². The van der Waals surface area contributed by atoms with Gasteiger partial charge in [-0.25, -0.2) is 4.79 Å². The summed E-state index contributed by atoms with van der Waals surface area (Å²) in [6.07, 6.45) is -0.00690. The number of nitrogens with two attached hydrogens (primary N) is 1. The lowest BCUT2D eigenvalue weighted by Crippen LogP contribution is -2.33. The normalized spacial score (nSPS) is 10.9. The maximum absolute atomic E-state index is 11.2. The third kappa shape index (κ3) is 5.40. The second-order valence-corrected chi connectivity index (χ2v) is 3.97. The van der Waals surface area contributed by atoms with E-state index in [2.05, 4.69) is 0 Å². The number of rotatable bonds is 4. The van der Waals surface area contributed by atoms with Gasteiger partial charge in [0.1, 0.15) is 5.60 Å². The first-order valence-electron chi connectivity index (χ1n) is 4.43. The van der Waals surface area contributed by atoms with Gasteiger partial charge >= 0.3 is 6.09 Å². The fourth-order valence-corrected chi connectivity index (χ4v) is 0.955. The van der Waals surface area contributed by atoms with E-state index in [1.165, 1.54) is 4.90 Å². The van der Waals surface area contributed by atoms with Crippen molar-refractivity contribution in [1.29, 1.82) is 0 Å². The highest BCUT2D eigenvalue weighted by atomic mass is 16.6. The summed E-state index contributed by atoms with van der Waals surface area (Å²) in [5.74, 6) is 0.00569. The van der Waals surface area contributed by atoms with Gasteiger partial charge in [-0.15, -0.1) is 0 Å². The lowest BCUT2D eigenvalue weighted by molar-refractivity contribution is -0.129. The van der Waals surface area contributed by atoms with Crippen LogP contribution in [0.1, 0.15) is 26.7 Å². The number of hydrogen-bond acceptors (Lipinski definition) is 3. The summed E-state index contributed by atoms with van der Waals surface area (Å²) in [5.41, 5.74) is 4.21. The van der Waals surface area contributed by atoms with E-state index in [9.17, 15) is 9.59 Å². The average Bonchev–Trinajstić information content (AvgIpc) is 1.97. The first-order valence-corrected chi connectivity index (χ1v) is 4.43. The van der Waals surface area contributed by atoms with E-state index in [0.29, 0.717) is 12.8 Å². The minimum absolute atomic E-state index is 0.00569. The molecule has 0 rings (SSSR count). The lowest BCUT2D eigenvalue weighted by Gasteiger charge is -2.24. The maximum atomic E-state index is 11.2. The summed E-state index contributed by atoms with van der Waals surface area (Å²) in [5, 5.41) is 0. The van der Waals surface area contributed by atoms with Gasteiger partial charge in [0.15, 0.2) is 0 Å². The second kappa shape index (κ2) is 4.83.